The van der Waals surface area contributed by atoms with Crippen molar-refractivity contribution in [2.45, 2.75) is 78.7 Å². The summed E-state index contributed by atoms with van der Waals surface area (Å²) in [5.74, 6) is 1.93. The average molecular weight is 556 g/mol. The van der Waals surface area contributed by atoms with Crippen LogP contribution < -0.4 is 0 Å². The van der Waals surface area contributed by atoms with Gasteiger partial charge in [-0.3, -0.25) is 14.8 Å². The second kappa shape index (κ2) is 10.4. The second-order valence-corrected chi connectivity index (χ2v) is 17.7. The van der Waals surface area contributed by atoms with E-state index < -0.39 is 8.07 Å². The van der Waals surface area contributed by atoms with Crippen molar-refractivity contribution in [1.82, 2.24) is 34.0 Å². The van der Waals surface area contributed by atoms with Crippen molar-refractivity contribution in [3.63, 3.8) is 0 Å². The van der Waals surface area contributed by atoms with Gasteiger partial charge in [-0.25, -0.2) is 9.97 Å². The number of aromatic nitrogens is 6. The van der Waals surface area contributed by atoms with E-state index in [0.29, 0.717) is 26.4 Å². The number of nitrogens with zero attached hydrogens (tertiary/aromatic N) is 7. The summed E-state index contributed by atoms with van der Waals surface area (Å²) in [6.07, 6.45) is 3.91. The summed E-state index contributed by atoms with van der Waals surface area (Å²) in [5, 5.41) is 0. The van der Waals surface area contributed by atoms with Crippen LogP contribution in [0.15, 0.2) is 36.5 Å². The number of imidazole rings is 2. The molecule has 0 saturated carbocycles. The molecule has 2 aliphatic heterocycles. The lowest BCUT2D eigenvalue weighted by Crippen LogP contribution is -2.24. The molecule has 1 amide bonds. The second-order valence-electron chi connectivity index (χ2n) is 12.1. The number of hydrogen-bond donors (Lipinski definition) is 0. The summed E-state index contributed by atoms with van der Waals surface area (Å²) in [5.41, 5.74) is 7.62. The van der Waals surface area contributed by atoms with Crippen LogP contribution in [-0.4, -0.2) is 54.6 Å². The lowest BCUT2D eigenvalue weighted by Gasteiger charge is -2.18. The van der Waals surface area contributed by atoms with Crippen LogP contribution >= 0.6 is 0 Å². The first-order valence-corrected chi connectivity index (χ1v) is 17.8. The van der Waals surface area contributed by atoms with E-state index >= 15 is 0 Å². The van der Waals surface area contributed by atoms with Gasteiger partial charge < -0.3 is 18.8 Å². The van der Waals surface area contributed by atoms with Crippen molar-refractivity contribution in [3.05, 3.63) is 59.4 Å². The van der Waals surface area contributed by atoms with Crippen molar-refractivity contribution < 1.29 is 9.53 Å². The standard InChI is InChI=1S/C30H37N7O2Si/c1-20-8-6-9-23(32-20)28-29(36-13-7-10-27(36)34-28)22-11-12-31-24(16-22)30-33-25-17-35(21(2)38)18-26(25)37(30)19-39-14-15-40(3,4)5/h6,8-9,11-12,16H,7,10,13-15,17-19H2,1-5H3. The van der Waals surface area contributed by atoms with E-state index in [1.807, 2.05) is 42.3 Å². The third-order valence-corrected chi connectivity index (χ3v) is 9.43. The zero-order chi connectivity index (χ0) is 28.0. The Morgan fingerprint density at radius 1 is 1.07 bits per heavy atom. The van der Waals surface area contributed by atoms with E-state index in [9.17, 15) is 4.79 Å². The Hall–Kier alpha value is -3.63. The van der Waals surface area contributed by atoms with Gasteiger partial charge in [0.1, 0.15) is 23.9 Å². The largest absolute Gasteiger partial charge is 0.361 e. The zero-order valence-corrected chi connectivity index (χ0v) is 25.1. The lowest BCUT2D eigenvalue weighted by molar-refractivity contribution is -0.129. The Labute approximate surface area is 236 Å². The van der Waals surface area contributed by atoms with Gasteiger partial charge in [-0.2, -0.15) is 0 Å². The monoisotopic (exact) mass is 555 g/mol. The Kier molecular flexibility index (Phi) is 6.91. The zero-order valence-electron chi connectivity index (χ0n) is 24.1. The molecule has 9 nitrogen and oxygen atoms in total. The highest BCUT2D eigenvalue weighted by atomic mass is 28.3. The van der Waals surface area contributed by atoms with E-state index in [2.05, 4.69) is 34.8 Å². The van der Waals surface area contributed by atoms with Gasteiger partial charge in [0.2, 0.25) is 5.91 Å². The van der Waals surface area contributed by atoms with Crippen molar-refractivity contribution in [2.75, 3.05) is 6.61 Å². The number of aryl methyl sites for hydroxylation is 2. The van der Waals surface area contributed by atoms with Crippen LogP contribution in [0.4, 0.5) is 0 Å². The molecule has 0 fully saturated rings. The van der Waals surface area contributed by atoms with Crippen molar-refractivity contribution in [1.29, 1.82) is 0 Å². The highest BCUT2D eigenvalue weighted by Crippen LogP contribution is 2.37. The fourth-order valence-electron chi connectivity index (χ4n) is 5.52. The molecule has 40 heavy (non-hydrogen) atoms. The van der Waals surface area contributed by atoms with Crippen LogP contribution in [0.3, 0.4) is 0 Å². The number of amides is 1. The number of hydrogen-bond acceptors (Lipinski definition) is 6. The van der Waals surface area contributed by atoms with E-state index in [1.165, 1.54) is 0 Å². The SMILES string of the molecule is CC(=O)N1Cc2nc(-c3cc(-c4c(-c5cccc(C)n5)nc5n4CCC5)ccn3)n(COCC[Si](C)(C)C)c2C1. The third-order valence-electron chi connectivity index (χ3n) is 7.72. The lowest BCUT2D eigenvalue weighted by atomic mass is 10.1. The van der Waals surface area contributed by atoms with Crippen LogP contribution in [0.5, 0.6) is 0 Å². The van der Waals surface area contributed by atoms with Crippen molar-refractivity contribution in [3.8, 4) is 34.2 Å². The molecule has 2 aliphatic rings. The number of ether oxygens (including phenoxy) is 1. The third kappa shape index (κ3) is 5.13. The highest BCUT2D eigenvalue weighted by molar-refractivity contribution is 6.76. The van der Waals surface area contributed by atoms with Gasteiger partial charge in [-0.05, 0) is 43.7 Å². The minimum atomic E-state index is -1.22. The van der Waals surface area contributed by atoms with Crippen LogP contribution in [0.2, 0.25) is 25.7 Å². The smallest absolute Gasteiger partial charge is 0.220 e. The van der Waals surface area contributed by atoms with E-state index in [-0.39, 0.29) is 5.91 Å². The Bertz CT molecular complexity index is 1580. The first-order valence-electron chi connectivity index (χ1n) is 14.1. The Morgan fingerprint density at radius 2 is 1.93 bits per heavy atom. The van der Waals surface area contributed by atoms with Crippen molar-refractivity contribution >= 4 is 14.0 Å². The maximum absolute atomic E-state index is 12.1. The molecule has 4 aromatic rings. The Balaban J connectivity index is 1.39. The van der Waals surface area contributed by atoms with Gasteiger partial charge in [0.25, 0.3) is 0 Å². The topological polar surface area (TPSA) is 91.0 Å². The Morgan fingerprint density at radius 3 is 2.70 bits per heavy atom. The van der Waals surface area contributed by atoms with Crippen LogP contribution in [0, 0.1) is 6.92 Å². The van der Waals surface area contributed by atoms with Crippen molar-refractivity contribution in [2.24, 2.45) is 0 Å². The highest BCUT2D eigenvalue weighted by Gasteiger charge is 2.30. The summed E-state index contributed by atoms with van der Waals surface area (Å²) in [6.45, 7) is 13.8. The number of rotatable bonds is 8. The molecule has 10 heteroatoms. The number of pyridine rings is 2. The summed E-state index contributed by atoms with van der Waals surface area (Å²) >= 11 is 0. The van der Waals surface area contributed by atoms with Gasteiger partial charge in [-0.15, -0.1) is 0 Å². The molecule has 0 aliphatic carbocycles. The van der Waals surface area contributed by atoms with Gasteiger partial charge in [-0.1, -0.05) is 25.7 Å². The maximum atomic E-state index is 12.1. The quantitative estimate of drug-likeness (QED) is 0.216. The molecule has 6 heterocycles. The van der Waals surface area contributed by atoms with Gasteiger partial charge in [0.15, 0.2) is 5.82 Å². The minimum absolute atomic E-state index is 0.0535. The summed E-state index contributed by atoms with van der Waals surface area (Å²) < 4.78 is 10.6. The molecule has 0 atom stereocenters. The fraction of sp³-hybridized carbons (Fsp3) is 0.433. The molecule has 6 rings (SSSR count). The predicted molar refractivity (Wildman–Crippen MR) is 157 cm³/mol. The van der Waals surface area contributed by atoms with E-state index in [0.717, 1.165) is 82.5 Å². The summed E-state index contributed by atoms with van der Waals surface area (Å²) in [6, 6.07) is 11.3. The molecule has 208 valence electrons. The van der Waals surface area contributed by atoms with Gasteiger partial charge in [0.05, 0.1) is 35.9 Å². The molecule has 0 aromatic carbocycles. The first kappa shape index (κ1) is 26.6. The van der Waals surface area contributed by atoms with Crippen LogP contribution in [0.1, 0.15) is 36.3 Å². The molecule has 0 unspecified atom stereocenters. The first-order chi connectivity index (χ1) is 19.2. The predicted octanol–water partition coefficient (Wildman–Crippen LogP) is 5.30. The van der Waals surface area contributed by atoms with E-state index in [1.54, 1.807) is 6.92 Å². The number of carbonyl (C=O) groups excluding carboxylic acids is 1. The fourth-order valence-corrected chi connectivity index (χ4v) is 6.28. The maximum Gasteiger partial charge on any atom is 0.220 e. The molecule has 0 bridgehead atoms. The molecule has 0 spiro atoms. The molecule has 4 aromatic heterocycles. The number of carbonyl (C=O) groups is 1. The molecular formula is C30H37N7O2Si. The van der Waals surface area contributed by atoms with Gasteiger partial charge in [0, 0.05) is 52.0 Å². The summed E-state index contributed by atoms with van der Waals surface area (Å²) in [4.78, 5) is 33.6. The minimum Gasteiger partial charge on any atom is -0.361 e. The molecule has 0 radical (unpaired) electrons. The average Bonchev–Trinajstić information content (AvgIpc) is 3.66. The summed E-state index contributed by atoms with van der Waals surface area (Å²) in [7, 11) is -1.22. The molecule has 0 saturated heterocycles. The van der Waals surface area contributed by atoms with E-state index in [4.69, 9.17) is 24.7 Å². The normalized spacial score (nSPS) is 14.6. The van der Waals surface area contributed by atoms with Crippen LogP contribution in [0.25, 0.3) is 34.2 Å². The molecular weight excluding hydrogens is 518 g/mol. The van der Waals surface area contributed by atoms with Crippen LogP contribution in [-0.2, 0) is 42.3 Å². The number of fused-ring (bicyclic) bond motifs is 2. The van der Waals surface area contributed by atoms with Gasteiger partial charge >= 0.3 is 0 Å². The molecule has 0 N–H and O–H groups in total.